The Balaban J connectivity index is 1.86. The third-order valence-electron chi connectivity index (χ3n) is 4.30. The Hall–Kier alpha value is -2.50. The van der Waals surface area contributed by atoms with Crippen LogP contribution in [0.5, 0.6) is 11.5 Å². The van der Waals surface area contributed by atoms with E-state index in [4.69, 9.17) is 9.47 Å². The largest absolute Gasteiger partial charge is 0.504 e. The highest BCUT2D eigenvalue weighted by atomic mass is 16.5. The zero-order chi connectivity index (χ0) is 17.7. The van der Waals surface area contributed by atoms with Gasteiger partial charge in [-0.2, -0.15) is 0 Å². The molecule has 0 radical (unpaired) electrons. The average molecular weight is 334 g/mol. The lowest BCUT2D eigenvalue weighted by atomic mass is 9.81. The van der Waals surface area contributed by atoms with Gasteiger partial charge in [0.05, 0.1) is 25.2 Å². The molecular weight excluding hydrogens is 312 g/mol. The smallest absolute Gasteiger partial charge is 0.306 e. The lowest BCUT2D eigenvalue weighted by Crippen LogP contribution is -2.34. The first-order chi connectivity index (χ1) is 11.4. The van der Waals surface area contributed by atoms with Crippen LogP contribution in [-0.2, 0) is 25.5 Å². The molecule has 6 nitrogen and oxygen atoms in total. The van der Waals surface area contributed by atoms with Gasteiger partial charge in [-0.3, -0.25) is 4.79 Å². The molecule has 0 saturated heterocycles. The molecule has 2 rings (SSSR count). The fourth-order valence-corrected chi connectivity index (χ4v) is 2.77. The van der Waals surface area contributed by atoms with E-state index in [0.717, 1.165) is 17.4 Å². The summed E-state index contributed by atoms with van der Waals surface area (Å²) in [5.41, 5.74) is 1.60. The van der Waals surface area contributed by atoms with E-state index in [1.165, 1.54) is 12.1 Å². The predicted octanol–water partition coefficient (Wildman–Crippen LogP) is 2.33. The number of rotatable bonds is 6. The zero-order valence-corrected chi connectivity index (χ0v) is 13.8. The van der Waals surface area contributed by atoms with Gasteiger partial charge in [-0.15, -0.1) is 0 Å². The van der Waals surface area contributed by atoms with Crippen molar-refractivity contribution in [2.75, 3.05) is 6.61 Å². The molecule has 1 aromatic carbocycles. The molecule has 2 N–H and O–H groups in total. The third kappa shape index (κ3) is 4.28. The van der Waals surface area contributed by atoms with Gasteiger partial charge in [-0.25, -0.2) is 0 Å². The van der Waals surface area contributed by atoms with Gasteiger partial charge in [0.2, 0.25) is 0 Å². The molecule has 1 heterocycles. The van der Waals surface area contributed by atoms with E-state index in [-0.39, 0.29) is 48.4 Å². The number of phenolic OH excluding ortho intramolecular Hbond substituents is 2. The molecule has 0 aromatic heterocycles. The summed E-state index contributed by atoms with van der Waals surface area (Å²) in [6.45, 7) is 3.80. The second-order valence-electron chi connectivity index (χ2n) is 6.02. The van der Waals surface area contributed by atoms with Crippen LogP contribution in [0.1, 0.15) is 25.8 Å². The molecule has 1 aromatic rings. The monoisotopic (exact) mass is 334 g/mol. The minimum Gasteiger partial charge on any atom is -0.504 e. The number of hydrogen-bond acceptors (Lipinski definition) is 6. The van der Waals surface area contributed by atoms with Gasteiger partial charge < -0.3 is 24.5 Å². The molecule has 3 atom stereocenters. The van der Waals surface area contributed by atoms with Crippen molar-refractivity contribution >= 4 is 12.3 Å². The number of hydrogen-bond donors (Lipinski definition) is 2. The highest BCUT2D eigenvalue weighted by Gasteiger charge is 2.34. The molecule has 0 bridgehead atoms. The number of carbonyl (C=O) groups excluding carboxylic acids is 2. The Morgan fingerprint density at radius 1 is 1.33 bits per heavy atom. The highest BCUT2D eigenvalue weighted by Crippen LogP contribution is 2.32. The van der Waals surface area contributed by atoms with Crippen molar-refractivity contribution < 1.29 is 29.3 Å². The van der Waals surface area contributed by atoms with Gasteiger partial charge in [0.1, 0.15) is 12.4 Å². The van der Waals surface area contributed by atoms with Gasteiger partial charge in [-0.05, 0) is 37.1 Å². The van der Waals surface area contributed by atoms with Crippen molar-refractivity contribution in [1.82, 2.24) is 0 Å². The van der Waals surface area contributed by atoms with Crippen LogP contribution in [0.25, 0.3) is 0 Å². The number of allylic oxidation sites excluding steroid dienone is 1. The van der Waals surface area contributed by atoms with Crippen LogP contribution in [0.15, 0.2) is 30.0 Å². The molecule has 0 aliphatic carbocycles. The first-order valence-electron chi connectivity index (χ1n) is 7.86. The van der Waals surface area contributed by atoms with E-state index >= 15 is 0 Å². The van der Waals surface area contributed by atoms with E-state index in [1.807, 2.05) is 6.92 Å². The van der Waals surface area contributed by atoms with Gasteiger partial charge >= 0.3 is 5.97 Å². The molecule has 0 saturated carbocycles. The average Bonchev–Trinajstić information content (AvgIpc) is 2.54. The van der Waals surface area contributed by atoms with Crippen molar-refractivity contribution in [3.8, 4) is 11.5 Å². The Morgan fingerprint density at radius 2 is 2.08 bits per heavy atom. The molecule has 0 fully saturated rings. The number of benzene rings is 1. The molecular formula is C18H22O6. The summed E-state index contributed by atoms with van der Waals surface area (Å²) < 4.78 is 10.6. The summed E-state index contributed by atoms with van der Waals surface area (Å²) in [6, 6.07) is 4.47. The van der Waals surface area contributed by atoms with Gasteiger partial charge in [-0.1, -0.05) is 6.07 Å². The van der Waals surface area contributed by atoms with Crippen LogP contribution in [0, 0.1) is 11.8 Å². The standard InChI is InChI=1S/C18H22O6/c1-11-10-24-12(2)15(9-19)14(11)8-18(22)23-6-5-13-3-4-16(20)17(21)7-13/h3-4,7,9-10,12,14-15,20-21H,5-6,8H2,1-2H3/t12-,14?,15-/m1/s1. The van der Waals surface area contributed by atoms with Crippen molar-refractivity contribution in [2.24, 2.45) is 11.8 Å². The van der Waals surface area contributed by atoms with E-state index < -0.39 is 0 Å². The second-order valence-corrected chi connectivity index (χ2v) is 6.02. The molecule has 130 valence electrons. The summed E-state index contributed by atoms with van der Waals surface area (Å²) in [6.07, 6.45) is 2.72. The lowest BCUT2D eigenvalue weighted by molar-refractivity contribution is -0.145. The maximum absolute atomic E-state index is 12.0. The number of phenols is 2. The predicted molar refractivity (Wildman–Crippen MR) is 86.4 cm³/mol. The normalized spacial score (nSPS) is 23.1. The van der Waals surface area contributed by atoms with Gasteiger partial charge in [0.15, 0.2) is 11.5 Å². The SMILES string of the molecule is CC1=CO[C@H](C)[C@@H](C=O)C1CC(=O)OCCc1ccc(O)c(O)c1. The Morgan fingerprint density at radius 3 is 2.75 bits per heavy atom. The van der Waals surface area contributed by atoms with Crippen molar-refractivity contribution in [3.05, 3.63) is 35.6 Å². The minimum absolute atomic E-state index is 0.125. The lowest BCUT2D eigenvalue weighted by Gasteiger charge is -2.32. The van der Waals surface area contributed by atoms with E-state index in [0.29, 0.717) is 6.42 Å². The van der Waals surface area contributed by atoms with Crippen molar-refractivity contribution in [1.29, 1.82) is 0 Å². The summed E-state index contributed by atoms with van der Waals surface area (Å²) in [5.74, 6) is -1.35. The van der Waals surface area contributed by atoms with Crippen LogP contribution in [0.2, 0.25) is 0 Å². The number of aldehydes is 1. The fraction of sp³-hybridized carbons (Fsp3) is 0.444. The molecule has 24 heavy (non-hydrogen) atoms. The summed E-state index contributed by atoms with van der Waals surface area (Å²) >= 11 is 0. The minimum atomic E-state index is -0.378. The second kappa shape index (κ2) is 7.86. The zero-order valence-electron chi connectivity index (χ0n) is 13.8. The molecule has 6 heteroatoms. The Bertz CT molecular complexity index is 636. The number of aromatic hydroxyl groups is 2. The maximum Gasteiger partial charge on any atom is 0.306 e. The van der Waals surface area contributed by atoms with Gasteiger partial charge in [0.25, 0.3) is 0 Å². The number of ether oxygens (including phenoxy) is 2. The van der Waals surface area contributed by atoms with Crippen LogP contribution >= 0.6 is 0 Å². The van der Waals surface area contributed by atoms with E-state index in [1.54, 1.807) is 19.3 Å². The van der Waals surface area contributed by atoms with Crippen molar-refractivity contribution in [3.63, 3.8) is 0 Å². The first kappa shape index (κ1) is 17.8. The summed E-state index contributed by atoms with van der Waals surface area (Å²) in [5, 5.41) is 18.7. The Labute approximate surface area is 140 Å². The molecule has 1 aliphatic heterocycles. The molecule has 1 aliphatic rings. The fourth-order valence-electron chi connectivity index (χ4n) is 2.77. The summed E-state index contributed by atoms with van der Waals surface area (Å²) in [4.78, 5) is 23.3. The quantitative estimate of drug-likeness (QED) is 0.471. The molecule has 1 unspecified atom stereocenters. The van der Waals surface area contributed by atoms with Crippen LogP contribution in [0.3, 0.4) is 0 Å². The van der Waals surface area contributed by atoms with Gasteiger partial charge in [0, 0.05) is 12.3 Å². The topological polar surface area (TPSA) is 93.1 Å². The summed E-state index contributed by atoms with van der Waals surface area (Å²) in [7, 11) is 0. The van der Waals surface area contributed by atoms with Crippen LogP contribution in [-0.4, -0.2) is 35.2 Å². The third-order valence-corrected chi connectivity index (χ3v) is 4.30. The van der Waals surface area contributed by atoms with Crippen LogP contribution in [0.4, 0.5) is 0 Å². The molecule has 0 spiro atoms. The number of esters is 1. The van der Waals surface area contributed by atoms with E-state index in [2.05, 4.69) is 0 Å². The first-order valence-corrected chi connectivity index (χ1v) is 7.86. The highest BCUT2D eigenvalue weighted by molar-refractivity contribution is 5.71. The van der Waals surface area contributed by atoms with E-state index in [9.17, 15) is 19.8 Å². The maximum atomic E-state index is 12.0. The Kier molecular flexibility index (Phi) is 5.84. The number of carbonyl (C=O) groups is 2. The molecule has 0 amide bonds. The van der Waals surface area contributed by atoms with Crippen molar-refractivity contribution in [2.45, 2.75) is 32.8 Å². The van der Waals surface area contributed by atoms with Crippen LogP contribution < -0.4 is 0 Å².